The molecule has 4 aliphatic rings. The molecule has 0 bridgehead atoms. The Kier molecular flexibility index (Phi) is 3.76. The van der Waals surface area contributed by atoms with Gasteiger partial charge in [-0.1, -0.05) is 13.8 Å². The van der Waals surface area contributed by atoms with Crippen LogP contribution in [0.25, 0.3) is 0 Å². The highest BCUT2D eigenvalue weighted by atomic mass is 16.3. The van der Waals surface area contributed by atoms with Crippen LogP contribution >= 0.6 is 0 Å². The Balaban J connectivity index is 1.65. The van der Waals surface area contributed by atoms with Gasteiger partial charge < -0.3 is 10.2 Å². The van der Waals surface area contributed by atoms with E-state index in [0.29, 0.717) is 29.6 Å². The number of aliphatic hydroxyl groups excluding tert-OH is 1. The first-order chi connectivity index (χ1) is 11.2. The van der Waals surface area contributed by atoms with Crippen LogP contribution in [-0.4, -0.2) is 27.7 Å². The average Bonchev–Trinajstić information content (AvgIpc) is 2.81. The highest BCUT2D eigenvalue weighted by Gasteiger charge is 2.65. The summed E-state index contributed by atoms with van der Waals surface area (Å²) in [5, 5.41) is 21.3. The third-order valence-corrected chi connectivity index (χ3v) is 9.37. The fourth-order valence-corrected chi connectivity index (χ4v) is 7.83. The van der Waals surface area contributed by atoms with E-state index in [1.165, 1.54) is 12.8 Å². The summed E-state index contributed by atoms with van der Waals surface area (Å²) < 4.78 is 0. The van der Waals surface area contributed by atoms with Gasteiger partial charge in [-0.2, -0.15) is 0 Å². The van der Waals surface area contributed by atoms with Crippen molar-refractivity contribution < 1.29 is 15.0 Å². The molecule has 0 aromatic rings. The summed E-state index contributed by atoms with van der Waals surface area (Å²) in [5.41, 5.74) is -0.957. The van der Waals surface area contributed by atoms with Crippen LogP contribution in [0.1, 0.15) is 78.6 Å². The minimum atomic E-state index is -1.09. The number of rotatable bonds is 1. The summed E-state index contributed by atoms with van der Waals surface area (Å²) in [6.07, 6.45) is 9.25. The molecule has 136 valence electrons. The van der Waals surface area contributed by atoms with Gasteiger partial charge in [-0.3, -0.25) is 4.79 Å². The quantitative estimate of drug-likeness (QED) is 0.768. The van der Waals surface area contributed by atoms with E-state index in [-0.39, 0.29) is 17.3 Å². The van der Waals surface area contributed by atoms with Crippen molar-refractivity contribution in [3.05, 3.63) is 0 Å². The monoisotopic (exact) mass is 334 g/mol. The van der Waals surface area contributed by atoms with Gasteiger partial charge in [0.05, 0.1) is 6.10 Å². The zero-order valence-electron chi connectivity index (χ0n) is 15.6. The molecule has 0 saturated heterocycles. The van der Waals surface area contributed by atoms with Gasteiger partial charge >= 0.3 is 0 Å². The van der Waals surface area contributed by atoms with Crippen molar-refractivity contribution in [2.45, 2.75) is 90.3 Å². The van der Waals surface area contributed by atoms with E-state index in [1.807, 2.05) is 0 Å². The third-order valence-electron chi connectivity index (χ3n) is 9.37. The molecule has 0 aromatic carbocycles. The van der Waals surface area contributed by atoms with E-state index in [2.05, 4.69) is 13.8 Å². The fraction of sp³-hybridized carbons (Fsp3) is 0.952. The smallest absolute Gasteiger partial charge is 0.161 e. The van der Waals surface area contributed by atoms with Crippen molar-refractivity contribution >= 4 is 5.78 Å². The minimum Gasteiger partial charge on any atom is -0.393 e. The Morgan fingerprint density at radius 1 is 0.958 bits per heavy atom. The first kappa shape index (κ1) is 17.0. The van der Waals surface area contributed by atoms with Gasteiger partial charge in [0.2, 0.25) is 0 Å². The first-order valence-electron chi connectivity index (χ1n) is 10.1. The molecule has 0 amide bonds. The van der Waals surface area contributed by atoms with Crippen molar-refractivity contribution in [1.82, 2.24) is 0 Å². The Hall–Kier alpha value is -0.410. The van der Waals surface area contributed by atoms with Gasteiger partial charge in [-0.15, -0.1) is 0 Å². The summed E-state index contributed by atoms with van der Waals surface area (Å²) >= 11 is 0. The molecule has 4 rings (SSSR count). The summed E-state index contributed by atoms with van der Waals surface area (Å²) in [5.74, 6) is 2.52. The highest BCUT2D eigenvalue weighted by molar-refractivity contribution is 5.86. The maximum absolute atomic E-state index is 12.2. The molecule has 0 heterocycles. The Morgan fingerprint density at radius 2 is 1.67 bits per heavy atom. The van der Waals surface area contributed by atoms with E-state index >= 15 is 0 Å². The van der Waals surface area contributed by atoms with Crippen LogP contribution in [0.3, 0.4) is 0 Å². The minimum absolute atomic E-state index is 0.0216. The largest absolute Gasteiger partial charge is 0.393 e. The molecule has 0 aromatic heterocycles. The molecule has 0 radical (unpaired) electrons. The van der Waals surface area contributed by atoms with Crippen LogP contribution < -0.4 is 0 Å². The lowest BCUT2D eigenvalue weighted by Gasteiger charge is -2.61. The molecule has 8 atom stereocenters. The van der Waals surface area contributed by atoms with Gasteiger partial charge in [0.1, 0.15) is 5.60 Å². The van der Waals surface area contributed by atoms with Gasteiger partial charge in [0.25, 0.3) is 0 Å². The maximum atomic E-state index is 12.2. The SMILES string of the molecule is CC(=O)[C@]1(O)CC[C@H]2[C@@H]3CC[C@H]4C[C@@H](O)CC[C@]4(C)[C@H]3CC[C@]21C. The van der Waals surface area contributed by atoms with Gasteiger partial charge in [0.15, 0.2) is 5.78 Å². The van der Waals surface area contributed by atoms with Gasteiger partial charge in [0, 0.05) is 5.41 Å². The number of aliphatic hydroxyl groups is 2. The predicted octanol–water partition coefficient (Wildman–Crippen LogP) is 3.71. The predicted molar refractivity (Wildman–Crippen MR) is 93.4 cm³/mol. The molecule has 24 heavy (non-hydrogen) atoms. The summed E-state index contributed by atoms with van der Waals surface area (Å²) in [7, 11) is 0. The number of fused-ring (bicyclic) bond motifs is 5. The third kappa shape index (κ3) is 2.00. The topological polar surface area (TPSA) is 57.5 Å². The van der Waals surface area contributed by atoms with E-state index in [0.717, 1.165) is 44.4 Å². The molecule has 4 aliphatic carbocycles. The van der Waals surface area contributed by atoms with Gasteiger partial charge in [-0.05, 0) is 93.8 Å². The normalized spacial score (nSPS) is 57.0. The molecule has 3 heteroatoms. The summed E-state index contributed by atoms with van der Waals surface area (Å²) in [6, 6.07) is 0. The van der Waals surface area contributed by atoms with Crippen molar-refractivity contribution in [2.75, 3.05) is 0 Å². The molecule has 3 nitrogen and oxygen atoms in total. The van der Waals surface area contributed by atoms with Crippen LogP contribution in [0.4, 0.5) is 0 Å². The number of ketones is 1. The van der Waals surface area contributed by atoms with Crippen LogP contribution in [0, 0.1) is 34.5 Å². The number of carbonyl (C=O) groups is 1. The molecular weight excluding hydrogens is 300 g/mol. The summed E-state index contributed by atoms with van der Waals surface area (Å²) in [6.45, 7) is 6.26. The number of hydrogen-bond donors (Lipinski definition) is 2. The molecule has 0 aliphatic heterocycles. The first-order valence-corrected chi connectivity index (χ1v) is 10.1. The molecule has 4 fully saturated rings. The lowest BCUT2D eigenvalue weighted by atomic mass is 9.44. The van der Waals surface area contributed by atoms with Crippen LogP contribution in [-0.2, 0) is 4.79 Å². The number of Topliss-reactive ketones (excluding diaryl/α,β-unsaturated/α-hetero) is 1. The fourth-order valence-electron chi connectivity index (χ4n) is 7.83. The molecule has 4 saturated carbocycles. The summed E-state index contributed by atoms with van der Waals surface area (Å²) in [4.78, 5) is 12.2. The van der Waals surface area contributed by atoms with Crippen molar-refractivity contribution in [3.8, 4) is 0 Å². The average molecular weight is 335 g/mol. The molecular formula is C21H34O3. The van der Waals surface area contributed by atoms with Crippen LogP contribution in [0.15, 0.2) is 0 Å². The lowest BCUT2D eigenvalue weighted by molar-refractivity contribution is -0.170. The standard InChI is InChI=1S/C21H34O3/c1-13(22)21(24)11-8-18-16-5-4-14-12-15(23)6-9-19(14,2)17(16)7-10-20(18,21)3/h14-18,23-24H,4-12H2,1-3H3/t14-,15-,16+,17-,18-,19-,20+,21+/m0/s1. The molecule has 0 unspecified atom stereocenters. The van der Waals surface area contributed by atoms with Crippen LogP contribution in [0.2, 0.25) is 0 Å². The van der Waals surface area contributed by atoms with Crippen molar-refractivity contribution in [2.24, 2.45) is 34.5 Å². The Bertz CT molecular complexity index is 545. The molecule has 0 spiro atoms. The maximum Gasteiger partial charge on any atom is 0.161 e. The van der Waals surface area contributed by atoms with Gasteiger partial charge in [-0.25, -0.2) is 0 Å². The van der Waals surface area contributed by atoms with Crippen molar-refractivity contribution in [3.63, 3.8) is 0 Å². The second-order valence-electron chi connectivity index (χ2n) is 10.00. The van der Waals surface area contributed by atoms with E-state index in [4.69, 9.17) is 0 Å². The second-order valence-corrected chi connectivity index (χ2v) is 10.00. The van der Waals surface area contributed by atoms with E-state index in [9.17, 15) is 15.0 Å². The Labute approximate surface area is 146 Å². The second kappa shape index (κ2) is 5.30. The van der Waals surface area contributed by atoms with E-state index < -0.39 is 5.60 Å². The lowest BCUT2D eigenvalue weighted by Crippen LogP contribution is -2.58. The Morgan fingerprint density at radius 3 is 2.38 bits per heavy atom. The van der Waals surface area contributed by atoms with Crippen LogP contribution in [0.5, 0.6) is 0 Å². The number of hydrogen-bond acceptors (Lipinski definition) is 3. The molecule has 2 N–H and O–H groups in total. The highest BCUT2D eigenvalue weighted by Crippen LogP contribution is 2.68. The van der Waals surface area contributed by atoms with Crippen molar-refractivity contribution in [1.29, 1.82) is 0 Å². The zero-order valence-corrected chi connectivity index (χ0v) is 15.6. The van der Waals surface area contributed by atoms with E-state index in [1.54, 1.807) is 6.92 Å². The zero-order chi connectivity index (χ0) is 17.3. The number of carbonyl (C=O) groups excluding carboxylic acids is 1.